The molecule has 2 aromatic heterocycles. The van der Waals surface area contributed by atoms with E-state index in [0.717, 1.165) is 10.6 Å². The maximum absolute atomic E-state index is 14.1. The van der Waals surface area contributed by atoms with Crippen LogP contribution in [0.4, 0.5) is 0 Å². The van der Waals surface area contributed by atoms with Crippen molar-refractivity contribution < 1.29 is 19.1 Å². The van der Waals surface area contributed by atoms with Gasteiger partial charge in [-0.3, -0.25) is 9.48 Å². The SMILES string of the molecule is COC(=O)C1(Cn2cccn2)CSC(c2nccs2)N1C(=O)c1ccc(C(C)(C)C)c(OC)c1. The van der Waals surface area contributed by atoms with Crippen molar-refractivity contribution in [2.75, 3.05) is 20.0 Å². The molecule has 4 rings (SSSR count). The van der Waals surface area contributed by atoms with Gasteiger partial charge in [0.15, 0.2) is 5.54 Å². The lowest BCUT2D eigenvalue weighted by Gasteiger charge is -2.37. The van der Waals surface area contributed by atoms with E-state index in [1.807, 2.05) is 11.4 Å². The third-order valence-corrected chi connectivity index (χ3v) is 8.23. The van der Waals surface area contributed by atoms with Crippen LogP contribution in [-0.2, 0) is 21.5 Å². The zero-order valence-corrected chi connectivity index (χ0v) is 21.5. The number of carbonyl (C=O) groups is 2. The topological polar surface area (TPSA) is 86.6 Å². The second-order valence-electron chi connectivity index (χ2n) is 9.10. The first-order chi connectivity index (χ1) is 16.2. The summed E-state index contributed by atoms with van der Waals surface area (Å²) in [5.41, 5.74) is 0.0158. The molecule has 1 fully saturated rings. The van der Waals surface area contributed by atoms with E-state index in [1.165, 1.54) is 30.2 Å². The third kappa shape index (κ3) is 4.32. The first-order valence-electron chi connectivity index (χ1n) is 10.8. The molecule has 180 valence electrons. The van der Waals surface area contributed by atoms with Crippen LogP contribution in [0.15, 0.2) is 48.2 Å². The van der Waals surface area contributed by atoms with E-state index >= 15 is 0 Å². The second-order valence-corrected chi connectivity index (χ2v) is 11.1. The summed E-state index contributed by atoms with van der Waals surface area (Å²) in [5.74, 6) is 0.210. The Morgan fingerprint density at radius 2 is 2.03 bits per heavy atom. The van der Waals surface area contributed by atoms with E-state index in [4.69, 9.17) is 9.47 Å². The molecule has 8 nitrogen and oxygen atoms in total. The van der Waals surface area contributed by atoms with Crippen LogP contribution in [0.1, 0.15) is 47.1 Å². The molecule has 3 aromatic rings. The number of ether oxygens (including phenoxy) is 2. The predicted octanol–water partition coefficient (Wildman–Crippen LogP) is 4.15. The van der Waals surface area contributed by atoms with Crippen LogP contribution in [0.5, 0.6) is 5.75 Å². The van der Waals surface area contributed by atoms with Crippen molar-refractivity contribution in [3.05, 3.63) is 64.4 Å². The number of nitrogens with zero attached hydrogens (tertiary/aromatic N) is 4. The first kappa shape index (κ1) is 24.3. The number of thioether (sulfide) groups is 1. The molecule has 0 radical (unpaired) electrons. The van der Waals surface area contributed by atoms with E-state index in [0.29, 0.717) is 17.1 Å². The number of aromatic nitrogens is 3. The average molecular weight is 501 g/mol. The number of benzene rings is 1. The van der Waals surface area contributed by atoms with Gasteiger partial charge in [-0.2, -0.15) is 5.10 Å². The lowest BCUT2D eigenvalue weighted by molar-refractivity contribution is -0.153. The van der Waals surface area contributed by atoms with E-state index < -0.39 is 16.9 Å². The van der Waals surface area contributed by atoms with E-state index in [9.17, 15) is 9.59 Å². The maximum Gasteiger partial charge on any atom is 0.334 e. The van der Waals surface area contributed by atoms with Gasteiger partial charge in [0.1, 0.15) is 16.1 Å². The first-order valence-corrected chi connectivity index (χ1v) is 12.7. The highest BCUT2D eigenvalue weighted by atomic mass is 32.2. The highest BCUT2D eigenvalue weighted by Gasteiger charge is 2.57. The van der Waals surface area contributed by atoms with Gasteiger partial charge in [0.05, 0.1) is 20.8 Å². The van der Waals surface area contributed by atoms with Gasteiger partial charge in [0.2, 0.25) is 0 Å². The normalized spacial score (nSPS) is 20.4. The Hall–Kier alpha value is -2.85. The Labute approximate surface area is 207 Å². The predicted molar refractivity (Wildman–Crippen MR) is 132 cm³/mol. The quantitative estimate of drug-likeness (QED) is 0.470. The lowest BCUT2D eigenvalue weighted by Crippen LogP contribution is -2.58. The summed E-state index contributed by atoms with van der Waals surface area (Å²) in [5, 5.41) is 6.47. The Morgan fingerprint density at radius 3 is 2.62 bits per heavy atom. The Morgan fingerprint density at radius 1 is 1.24 bits per heavy atom. The van der Waals surface area contributed by atoms with Gasteiger partial charge in [-0.25, -0.2) is 9.78 Å². The number of carbonyl (C=O) groups excluding carboxylic acids is 2. The molecule has 0 spiro atoms. The van der Waals surface area contributed by atoms with Crippen molar-refractivity contribution in [2.24, 2.45) is 0 Å². The van der Waals surface area contributed by atoms with Gasteiger partial charge in [-0.1, -0.05) is 26.8 Å². The number of methoxy groups -OCH3 is 2. The minimum atomic E-state index is -1.26. The number of amides is 1. The van der Waals surface area contributed by atoms with Crippen molar-refractivity contribution in [1.29, 1.82) is 0 Å². The fraction of sp³-hybridized carbons (Fsp3) is 0.417. The summed E-state index contributed by atoms with van der Waals surface area (Å²) in [7, 11) is 2.94. The second kappa shape index (κ2) is 9.42. The van der Waals surface area contributed by atoms with Gasteiger partial charge < -0.3 is 14.4 Å². The van der Waals surface area contributed by atoms with Crippen molar-refractivity contribution in [3.63, 3.8) is 0 Å². The molecule has 0 N–H and O–H groups in total. The molecule has 2 atom stereocenters. The summed E-state index contributed by atoms with van der Waals surface area (Å²) in [6.45, 7) is 6.45. The van der Waals surface area contributed by atoms with Crippen molar-refractivity contribution in [2.45, 2.75) is 43.6 Å². The number of rotatable bonds is 6. The summed E-state index contributed by atoms with van der Waals surface area (Å²) >= 11 is 2.95. The fourth-order valence-corrected chi connectivity index (χ4v) is 6.61. The molecule has 2 unspecified atom stereocenters. The smallest absolute Gasteiger partial charge is 0.334 e. The molecule has 0 bridgehead atoms. The summed E-state index contributed by atoms with van der Waals surface area (Å²) in [6, 6.07) is 7.25. The molecule has 0 aliphatic carbocycles. The van der Waals surface area contributed by atoms with Gasteiger partial charge in [0.25, 0.3) is 5.91 Å². The van der Waals surface area contributed by atoms with Crippen LogP contribution < -0.4 is 4.74 Å². The van der Waals surface area contributed by atoms with Crippen LogP contribution in [0.2, 0.25) is 0 Å². The average Bonchev–Trinajstić information content (AvgIpc) is 3.58. The number of esters is 1. The van der Waals surface area contributed by atoms with Gasteiger partial charge in [-0.05, 0) is 29.2 Å². The summed E-state index contributed by atoms with van der Waals surface area (Å²) in [6.07, 6.45) is 5.12. The number of hydrogen-bond acceptors (Lipinski definition) is 8. The van der Waals surface area contributed by atoms with E-state index in [2.05, 4.69) is 30.9 Å². The van der Waals surface area contributed by atoms with Crippen LogP contribution in [0, 0.1) is 0 Å². The molecule has 10 heteroatoms. The number of thiazole rings is 1. The minimum absolute atomic E-state index is 0.157. The molecule has 1 aliphatic rings. The third-order valence-electron chi connectivity index (χ3n) is 5.86. The summed E-state index contributed by atoms with van der Waals surface area (Å²) in [4.78, 5) is 33.5. The molecular weight excluding hydrogens is 472 g/mol. The molecule has 34 heavy (non-hydrogen) atoms. The lowest BCUT2D eigenvalue weighted by atomic mass is 9.85. The van der Waals surface area contributed by atoms with Crippen molar-refractivity contribution in [3.8, 4) is 5.75 Å². The van der Waals surface area contributed by atoms with Crippen molar-refractivity contribution >= 4 is 35.0 Å². The van der Waals surface area contributed by atoms with Crippen LogP contribution in [0.3, 0.4) is 0 Å². The summed E-state index contributed by atoms with van der Waals surface area (Å²) < 4.78 is 12.5. The number of hydrogen-bond donors (Lipinski definition) is 0. The van der Waals surface area contributed by atoms with E-state index in [1.54, 1.807) is 53.5 Å². The minimum Gasteiger partial charge on any atom is -0.496 e. The molecular formula is C24H28N4O4S2. The Bertz CT molecular complexity index is 1160. The fourth-order valence-electron chi connectivity index (χ4n) is 4.20. The maximum atomic E-state index is 14.1. The molecule has 1 aromatic carbocycles. The van der Waals surface area contributed by atoms with E-state index in [-0.39, 0.29) is 17.9 Å². The highest BCUT2D eigenvalue weighted by molar-refractivity contribution is 8.00. The molecule has 3 heterocycles. The Balaban J connectivity index is 1.83. The molecule has 1 amide bonds. The monoisotopic (exact) mass is 500 g/mol. The standard InChI is InChI=1S/C24H28N4O4S2/c1-23(2,3)17-8-7-16(13-18(17)31-4)20(29)28-21(19-25-10-12-33-19)34-15-24(28,22(30)32-5)14-27-11-6-9-26-27/h6-13,21H,14-15H2,1-5H3. The molecule has 1 aliphatic heterocycles. The zero-order valence-electron chi connectivity index (χ0n) is 19.8. The van der Waals surface area contributed by atoms with Crippen LogP contribution in [0.25, 0.3) is 0 Å². The molecule has 0 saturated carbocycles. The zero-order chi connectivity index (χ0) is 24.5. The largest absolute Gasteiger partial charge is 0.496 e. The Kier molecular flexibility index (Phi) is 6.73. The van der Waals surface area contributed by atoms with Gasteiger partial charge >= 0.3 is 5.97 Å². The van der Waals surface area contributed by atoms with Gasteiger partial charge in [0, 0.05) is 35.3 Å². The highest BCUT2D eigenvalue weighted by Crippen LogP contribution is 2.49. The van der Waals surface area contributed by atoms with Gasteiger partial charge in [-0.15, -0.1) is 23.1 Å². The van der Waals surface area contributed by atoms with Crippen LogP contribution in [-0.4, -0.2) is 57.1 Å². The van der Waals surface area contributed by atoms with Crippen molar-refractivity contribution in [1.82, 2.24) is 19.7 Å². The molecule has 1 saturated heterocycles. The van der Waals surface area contributed by atoms with Crippen LogP contribution >= 0.6 is 23.1 Å².